The largest absolute Gasteiger partial charge is 0.399 e. The molecule has 0 unspecified atom stereocenters. The molecular formula is C17H19N3OS. The number of benzene rings is 1. The van der Waals surface area contributed by atoms with Crippen LogP contribution >= 0.6 is 11.3 Å². The van der Waals surface area contributed by atoms with E-state index in [1.807, 2.05) is 36.6 Å². The molecule has 1 aromatic heterocycles. The lowest BCUT2D eigenvalue weighted by Crippen LogP contribution is -2.20. The van der Waals surface area contributed by atoms with Crippen molar-refractivity contribution < 1.29 is 4.79 Å². The molecule has 3 N–H and O–H groups in total. The van der Waals surface area contributed by atoms with E-state index in [0.717, 1.165) is 36.1 Å². The molecule has 0 atom stereocenters. The molecule has 1 aromatic carbocycles. The number of carbonyl (C=O) groups is 1. The van der Waals surface area contributed by atoms with E-state index in [1.165, 1.54) is 16.9 Å². The third-order valence-corrected chi connectivity index (χ3v) is 5.05. The average Bonchev–Trinajstić information content (AvgIpc) is 2.97. The molecular weight excluding hydrogens is 294 g/mol. The van der Waals surface area contributed by atoms with Gasteiger partial charge in [-0.2, -0.15) is 5.10 Å². The molecule has 0 radical (unpaired) electrons. The highest BCUT2D eigenvalue weighted by Gasteiger charge is 2.19. The number of amides is 1. The van der Waals surface area contributed by atoms with Gasteiger partial charge in [0.05, 0.1) is 11.3 Å². The SMILES string of the molecule is C/C(=N\NC(=O)c1csc2c1CCCC2)c1ccc(N)cc1. The number of thiophene rings is 1. The van der Waals surface area contributed by atoms with Crippen molar-refractivity contribution in [1.82, 2.24) is 5.43 Å². The summed E-state index contributed by atoms with van der Waals surface area (Å²) in [6.07, 6.45) is 4.49. The minimum absolute atomic E-state index is 0.116. The number of rotatable bonds is 3. The summed E-state index contributed by atoms with van der Waals surface area (Å²) in [5.74, 6) is -0.116. The normalized spacial score (nSPS) is 14.5. The van der Waals surface area contributed by atoms with Crippen LogP contribution in [-0.2, 0) is 12.8 Å². The minimum atomic E-state index is -0.116. The van der Waals surface area contributed by atoms with Gasteiger partial charge in [-0.1, -0.05) is 12.1 Å². The monoisotopic (exact) mass is 313 g/mol. The summed E-state index contributed by atoms with van der Waals surface area (Å²) in [6, 6.07) is 7.44. The van der Waals surface area contributed by atoms with Crippen molar-refractivity contribution in [2.75, 3.05) is 5.73 Å². The quantitative estimate of drug-likeness (QED) is 0.518. The van der Waals surface area contributed by atoms with Gasteiger partial charge in [0, 0.05) is 15.9 Å². The van der Waals surface area contributed by atoms with Gasteiger partial charge >= 0.3 is 0 Å². The molecule has 0 bridgehead atoms. The van der Waals surface area contributed by atoms with Gasteiger partial charge in [0.25, 0.3) is 5.91 Å². The van der Waals surface area contributed by atoms with Gasteiger partial charge in [-0.05, 0) is 55.9 Å². The molecule has 0 fully saturated rings. The Hall–Kier alpha value is -2.14. The third-order valence-electron chi connectivity index (χ3n) is 3.96. The molecule has 1 amide bonds. The summed E-state index contributed by atoms with van der Waals surface area (Å²) in [5, 5.41) is 6.17. The number of nitrogens with two attached hydrogens (primary N) is 1. The van der Waals surface area contributed by atoms with Crippen LogP contribution < -0.4 is 11.2 Å². The highest BCUT2D eigenvalue weighted by Crippen LogP contribution is 2.30. The zero-order valence-corrected chi connectivity index (χ0v) is 13.4. The second-order valence-electron chi connectivity index (χ2n) is 5.52. The van der Waals surface area contributed by atoms with Crippen molar-refractivity contribution in [3.05, 3.63) is 51.2 Å². The summed E-state index contributed by atoms with van der Waals surface area (Å²) >= 11 is 1.69. The van der Waals surface area contributed by atoms with Crippen LogP contribution in [0.5, 0.6) is 0 Å². The number of nitrogens with one attached hydrogen (secondary N) is 1. The predicted molar refractivity (Wildman–Crippen MR) is 91.5 cm³/mol. The number of hydrogen-bond donors (Lipinski definition) is 2. The summed E-state index contributed by atoms with van der Waals surface area (Å²) < 4.78 is 0. The summed E-state index contributed by atoms with van der Waals surface area (Å²) in [6.45, 7) is 1.87. The topological polar surface area (TPSA) is 67.5 Å². The van der Waals surface area contributed by atoms with Crippen molar-refractivity contribution in [1.29, 1.82) is 0 Å². The number of hydrogen-bond acceptors (Lipinski definition) is 4. The number of anilines is 1. The van der Waals surface area contributed by atoms with E-state index in [9.17, 15) is 4.79 Å². The van der Waals surface area contributed by atoms with Gasteiger partial charge < -0.3 is 5.73 Å². The van der Waals surface area contributed by atoms with Crippen molar-refractivity contribution in [3.63, 3.8) is 0 Å². The smallest absolute Gasteiger partial charge is 0.272 e. The fraction of sp³-hybridized carbons (Fsp3) is 0.294. The molecule has 3 rings (SSSR count). The van der Waals surface area contributed by atoms with Crippen LogP contribution in [0.25, 0.3) is 0 Å². The van der Waals surface area contributed by atoms with Crippen molar-refractivity contribution in [2.45, 2.75) is 32.6 Å². The van der Waals surface area contributed by atoms with Gasteiger partial charge in [0.2, 0.25) is 0 Å². The second kappa shape index (κ2) is 6.32. The molecule has 0 spiro atoms. The Morgan fingerprint density at radius 1 is 1.23 bits per heavy atom. The molecule has 22 heavy (non-hydrogen) atoms. The van der Waals surface area contributed by atoms with Gasteiger partial charge in [-0.25, -0.2) is 5.43 Å². The van der Waals surface area contributed by atoms with Crippen LogP contribution in [0.1, 0.15) is 46.1 Å². The lowest BCUT2D eigenvalue weighted by Gasteiger charge is -2.12. The maximum atomic E-state index is 12.3. The summed E-state index contributed by atoms with van der Waals surface area (Å²) in [5.41, 5.74) is 12.8. The van der Waals surface area contributed by atoms with Crippen molar-refractivity contribution in [3.8, 4) is 0 Å². The van der Waals surface area contributed by atoms with E-state index in [1.54, 1.807) is 11.3 Å². The Morgan fingerprint density at radius 2 is 1.95 bits per heavy atom. The van der Waals surface area contributed by atoms with E-state index >= 15 is 0 Å². The fourth-order valence-electron chi connectivity index (χ4n) is 2.67. The number of aryl methyl sites for hydroxylation is 1. The Labute approximate surface area is 134 Å². The second-order valence-corrected chi connectivity index (χ2v) is 6.48. The highest BCUT2D eigenvalue weighted by molar-refractivity contribution is 7.10. The van der Waals surface area contributed by atoms with Gasteiger partial charge in [0.15, 0.2) is 0 Å². The first kappa shape index (κ1) is 14.8. The van der Waals surface area contributed by atoms with E-state index < -0.39 is 0 Å². The van der Waals surface area contributed by atoms with Crippen LogP contribution in [0.15, 0.2) is 34.7 Å². The number of nitrogen functional groups attached to an aromatic ring is 1. The fourth-order valence-corrected chi connectivity index (χ4v) is 3.79. The van der Waals surface area contributed by atoms with E-state index in [-0.39, 0.29) is 5.91 Å². The van der Waals surface area contributed by atoms with Gasteiger partial charge in [-0.3, -0.25) is 4.79 Å². The van der Waals surface area contributed by atoms with Crippen LogP contribution in [-0.4, -0.2) is 11.6 Å². The van der Waals surface area contributed by atoms with E-state index in [4.69, 9.17) is 5.73 Å². The minimum Gasteiger partial charge on any atom is -0.399 e. The first-order chi connectivity index (χ1) is 10.6. The molecule has 2 aromatic rings. The average molecular weight is 313 g/mol. The Kier molecular flexibility index (Phi) is 4.24. The van der Waals surface area contributed by atoms with E-state index in [2.05, 4.69) is 10.5 Å². The maximum absolute atomic E-state index is 12.3. The van der Waals surface area contributed by atoms with Crippen LogP contribution in [0.2, 0.25) is 0 Å². The predicted octanol–water partition coefficient (Wildman–Crippen LogP) is 3.36. The molecule has 1 aliphatic carbocycles. The van der Waals surface area contributed by atoms with Crippen LogP contribution in [0.3, 0.4) is 0 Å². The molecule has 1 heterocycles. The Morgan fingerprint density at radius 3 is 2.73 bits per heavy atom. The maximum Gasteiger partial charge on any atom is 0.272 e. The lowest BCUT2D eigenvalue weighted by molar-refractivity contribution is 0.0954. The summed E-state index contributed by atoms with van der Waals surface area (Å²) in [4.78, 5) is 13.7. The lowest BCUT2D eigenvalue weighted by atomic mass is 9.96. The van der Waals surface area contributed by atoms with Crippen LogP contribution in [0.4, 0.5) is 5.69 Å². The first-order valence-electron chi connectivity index (χ1n) is 7.45. The standard InChI is InChI=1S/C17H19N3OS/c1-11(12-6-8-13(18)9-7-12)19-20-17(21)15-10-22-16-5-3-2-4-14(15)16/h6-10H,2-5,18H2,1H3,(H,20,21)/b19-11+. The van der Waals surface area contributed by atoms with Crippen molar-refractivity contribution >= 4 is 28.6 Å². The first-order valence-corrected chi connectivity index (χ1v) is 8.33. The molecule has 114 valence electrons. The third kappa shape index (κ3) is 3.04. The number of fused-ring (bicyclic) bond motifs is 1. The number of nitrogens with zero attached hydrogens (tertiary/aromatic N) is 1. The molecule has 0 aliphatic heterocycles. The highest BCUT2D eigenvalue weighted by atomic mass is 32.1. The Bertz CT molecular complexity index is 716. The number of carbonyl (C=O) groups excluding carboxylic acids is 1. The summed E-state index contributed by atoms with van der Waals surface area (Å²) in [7, 11) is 0. The van der Waals surface area contributed by atoms with Crippen molar-refractivity contribution in [2.24, 2.45) is 5.10 Å². The Balaban J connectivity index is 1.73. The van der Waals surface area contributed by atoms with Gasteiger partial charge in [0.1, 0.15) is 0 Å². The molecule has 4 nitrogen and oxygen atoms in total. The zero-order chi connectivity index (χ0) is 15.5. The molecule has 1 aliphatic rings. The molecule has 5 heteroatoms. The number of hydrazone groups is 1. The van der Waals surface area contributed by atoms with E-state index in [0.29, 0.717) is 5.69 Å². The molecule has 0 saturated carbocycles. The van der Waals surface area contributed by atoms with Gasteiger partial charge in [-0.15, -0.1) is 11.3 Å². The molecule has 0 saturated heterocycles. The zero-order valence-electron chi connectivity index (χ0n) is 12.6. The van der Waals surface area contributed by atoms with Crippen LogP contribution in [0, 0.1) is 0 Å².